The van der Waals surface area contributed by atoms with Gasteiger partial charge in [-0.1, -0.05) is 12.1 Å². The van der Waals surface area contributed by atoms with E-state index in [1.165, 1.54) is 0 Å². The molecule has 7 atom stereocenters. The lowest BCUT2D eigenvalue weighted by atomic mass is 9.56. The van der Waals surface area contributed by atoms with Crippen LogP contribution in [0, 0.1) is 17.8 Å². The summed E-state index contributed by atoms with van der Waals surface area (Å²) in [6.07, 6.45) is 0.949. The maximum absolute atomic E-state index is 14.3. The number of rotatable bonds is 5. The van der Waals surface area contributed by atoms with Gasteiger partial charge in [0, 0.05) is 18.6 Å². The highest BCUT2D eigenvalue weighted by Crippen LogP contribution is 2.57. The monoisotopic (exact) mass is 516 g/mol. The van der Waals surface area contributed by atoms with Crippen LogP contribution in [-0.2, 0) is 29.9 Å². The van der Waals surface area contributed by atoms with Crippen molar-refractivity contribution in [1.82, 2.24) is 0 Å². The first-order valence-electron chi connectivity index (χ1n) is 13.0. The van der Waals surface area contributed by atoms with Crippen LogP contribution in [0.5, 0.6) is 5.75 Å². The third-order valence-electron chi connectivity index (χ3n) is 8.48. The number of ketones is 1. The number of allylic oxidation sites excluding steroid dienone is 1. The Balaban J connectivity index is 1.63. The van der Waals surface area contributed by atoms with Crippen molar-refractivity contribution in [2.45, 2.75) is 89.4 Å². The summed E-state index contributed by atoms with van der Waals surface area (Å²) in [5.74, 6) is -0.610. The van der Waals surface area contributed by atoms with Gasteiger partial charge in [0.15, 0.2) is 19.9 Å². The molecule has 1 heterocycles. The van der Waals surface area contributed by atoms with Crippen LogP contribution in [0.25, 0.3) is 5.76 Å². The third-order valence-corrected chi connectivity index (χ3v) is 9.48. The molecule has 0 amide bonds. The average Bonchev–Trinajstić information content (AvgIpc) is 3.14. The van der Waals surface area contributed by atoms with Crippen LogP contribution in [-0.4, -0.2) is 63.1 Å². The lowest BCUT2D eigenvalue weighted by molar-refractivity contribution is -0.201. The molecule has 0 spiro atoms. The van der Waals surface area contributed by atoms with Gasteiger partial charge < -0.3 is 28.5 Å². The summed E-state index contributed by atoms with van der Waals surface area (Å²) in [6, 6.07) is 5.78. The highest BCUT2D eigenvalue weighted by Gasteiger charge is 2.66. The molecule has 3 fully saturated rings. The van der Waals surface area contributed by atoms with Crippen molar-refractivity contribution in [3.8, 4) is 5.75 Å². The second kappa shape index (κ2) is 8.66. The first kappa shape index (κ1) is 25.9. The Morgan fingerprint density at radius 3 is 2.53 bits per heavy atom. The van der Waals surface area contributed by atoms with Crippen LogP contribution in [0.4, 0.5) is 0 Å². The molecule has 1 N–H and O–H groups in total. The Morgan fingerprint density at radius 1 is 1.17 bits per heavy atom. The number of methoxy groups -OCH3 is 2. The fourth-order valence-electron chi connectivity index (χ4n) is 7.18. The Kier molecular flexibility index (Phi) is 6.24. The van der Waals surface area contributed by atoms with Gasteiger partial charge >= 0.3 is 0 Å². The molecule has 5 rings (SSSR count). The zero-order chi connectivity index (χ0) is 26.2. The fourth-order valence-corrected chi connectivity index (χ4v) is 8.69. The normalized spacial score (nSPS) is 36.0. The van der Waals surface area contributed by atoms with Crippen molar-refractivity contribution in [3.05, 3.63) is 34.9 Å². The van der Waals surface area contributed by atoms with Crippen molar-refractivity contribution in [2.24, 2.45) is 17.8 Å². The van der Waals surface area contributed by atoms with Crippen molar-refractivity contribution < 1.29 is 33.3 Å². The Morgan fingerprint density at radius 2 is 1.89 bits per heavy atom. The smallest absolute Gasteiger partial charge is 0.184 e. The van der Waals surface area contributed by atoms with Crippen LogP contribution in [0.2, 0.25) is 19.6 Å². The number of ether oxygens (including phenoxy) is 4. The van der Waals surface area contributed by atoms with Crippen molar-refractivity contribution in [2.75, 3.05) is 14.2 Å². The number of hydrogen-bond donors (Lipinski definition) is 1. The molecule has 1 aromatic carbocycles. The molecule has 4 aliphatic rings. The summed E-state index contributed by atoms with van der Waals surface area (Å²) in [6.45, 7) is 12.3. The molecule has 2 saturated carbocycles. The van der Waals surface area contributed by atoms with E-state index in [0.29, 0.717) is 29.7 Å². The van der Waals surface area contributed by atoms with E-state index in [0.717, 1.165) is 12.0 Å². The maximum Gasteiger partial charge on any atom is 0.184 e. The number of fused-ring (bicyclic) bond motifs is 5. The van der Waals surface area contributed by atoms with Gasteiger partial charge in [-0.05, 0) is 83.1 Å². The lowest BCUT2D eigenvalue weighted by Crippen LogP contribution is -2.68. The van der Waals surface area contributed by atoms with Crippen LogP contribution in [0.1, 0.15) is 44.7 Å². The molecular weight excluding hydrogens is 476 g/mol. The van der Waals surface area contributed by atoms with E-state index in [1.807, 2.05) is 39.0 Å². The molecule has 1 unspecified atom stereocenters. The topological polar surface area (TPSA) is 83.5 Å². The summed E-state index contributed by atoms with van der Waals surface area (Å²) in [7, 11) is 1.18. The minimum atomic E-state index is -2.09. The van der Waals surface area contributed by atoms with Crippen LogP contribution < -0.4 is 4.74 Å². The Bertz CT molecular complexity index is 1090. The molecule has 1 aromatic rings. The van der Waals surface area contributed by atoms with Crippen LogP contribution in [0.3, 0.4) is 0 Å². The molecule has 0 bridgehead atoms. The number of aliphatic hydroxyl groups excluding tert-OH is 1. The van der Waals surface area contributed by atoms with Gasteiger partial charge in [0.05, 0.1) is 24.9 Å². The van der Waals surface area contributed by atoms with Crippen LogP contribution in [0.15, 0.2) is 23.8 Å². The van der Waals surface area contributed by atoms with E-state index in [1.54, 1.807) is 14.2 Å². The van der Waals surface area contributed by atoms with Gasteiger partial charge in [0.1, 0.15) is 23.2 Å². The number of aliphatic hydroxyl groups is 1. The molecule has 0 radical (unpaired) electrons. The lowest BCUT2D eigenvalue weighted by Gasteiger charge is -2.55. The van der Waals surface area contributed by atoms with E-state index in [4.69, 9.17) is 23.4 Å². The van der Waals surface area contributed by atoms with Gasteiger partial charge in [0.2, 0.25) is 0 Å². The summed E-state index contributed by atoms with van der Waals surface area (Å²) in [4.78, 5) is 14.3. The number of carbonyl (C=O) groups excluding carboxylic acids is 1. The summed E-state index contributed by atoms with van der Waals surface area (Å²) in [5, 5.41) is 11.4. The largest absolute Gasteiger partial charge is 0.507 e. The molecule has 1 saturated heterocycles. The SMILES string of the molecule is COc1cccc2c1C(O)=C1C(=O)[C@@H]3C[C@@](O[Si](C)(C)C)([C@@H](C)OC)[C@@H]4OC(C)(C)O[C@@H]4[C@H]3CC1C2. The molecule has 3 aliphatic carbocycles. The van der Waals surface area contributed by atoms with E-state index >= 15 is 0 Å². The van der Waals surface area contributed by atoms with Gasteiger partial charge in [-0.15, -0.1) is 0 Å². The number of Topliss-reactive ketones (excluding diaryl/α,β-unsaturated/α-hetero) is 1. The highest BCUT2D eigenvalue weighted by molar-refractivity contribution is 6.69. The summed E-state index contributed by atoms with van der Waals surface area (Å²) >= 11 is 0. The Labute approximate surface area is 215 Å². The van der Waals surface area contributed by atoms with E-state index in [-0.39, 0.29) is 47.6 Å². The van der Waals surface area contributed by atoms with Crippen molar-refractivity contribution in [1.29, 1.82) is 0 Å². The predicted molar refractivity (Wildman–Crippen MR) is 138 cm³/mol. The standard InChI is InChI=1S/C28H40O7Si/c1-15(31-4)28(35-36(6,7)8)14-19-18(25-26(28)34-27(2,3)33-25)13-17-12-16-10-9-11-20(32-5)21(16)24(30)22(17)23(19)29/h9-11,15,17-19,25-26,30H,12-14H2,1-8H3/t15-,17?,18+,19-,25-,26-,28-/m1/s1. The van der Waals surface area contributed by atoms with Gasteiger partial charge in [-0.3, -0.25) is 4.79 Å². The average molecular weight is 517 g/mol. The molecule has 7 nitrogen and oxygen atoms in total. The second-order valence-electron chi connectivity index (χ2n) is 12.3. The molecule has 36 heavy (non-hydrogen) atoms. The first-order chi connectivity index (χ1) is 16.8. The fraction of sp³-hybridized carbons (Fsp3) is 0.679. The minimum Gasteiger partial charge on any atom is -0.507 e. The molecule has 8 heteroatoms. The highest BCUT2D eigenvalue weighted by atomic mass is 28.4. The van der Waals surface area contributed by atoms with Crippen LogP contribution >= 0.6 is 0 Å². The van der Waals surface area contributed by atoms with Gasteiger partial charge in [0.25, 0.3) is 0 Å². The van der Waals surface area contributed by atoms with E-state index < -0.39 is 19.7 Å². The zero-order valence-corrected chi connectivity index (χ0v) is 23.7. The second-order valence-corrected chi connectivity index (χ2v) is 16.7. The number of benzene rings is 1. The maximum atomic E-state index is 14.3. The van der Waals surface area contributed by atoms with Gasteiger partial charge in [-0.2, -0.15) is 0 Å². The van der Waals surface area contributed by atoms with Crippen molar-refractivity contribution in [3.63, 3.8) is 0 Å². The third kappa shape index (κ3) is 3.96. The summed E-state index contributed by atoms with van der Waals surface area (Å²) < 4.78 is 31.5. The molecular formula is C28H40O7Si. The van der Waals surface area contributed by atoms with Gasteiger partial charge in [-0.25, -0.2) is 0 Å². The quantitative estimate of drug-likeness (QED) is 0.558. The molecule has 0 aromatic heterocycles. The van der Waals surface area contributed by atoms with E-state index in [9.17, 15) is 9.90 Å². The first-order valence-corrected chi connectivity index (χ1v) is 16.4. The number of hydrogen-bond acceptors (Lipinski definition) is 7. The summed E-state index contributed by atoms with van der Waals surface area (Å²) in [5.41, 5.74) is 1.34. The van der Waals surface area contributed by atoms with E-state index in [2.05, 4.69) is 19.6 Å². The van der Waals surface area contributed by atoms with Crippen molar-refractivity contribution >= 4 is 19.9 Å². The minimum absolute atomic E-state index is 0.0103. The number of carbonyl (C=O) groups is 1. The predicted octanol–water partition coefficient (Wildman–Crippen LogP) is 4.89. The molecule has 1 aliphatic heterocycles. The Hall–Kier alpha value is -1.71. The zero-order valence-electron chi connectivity index (χ0n) is 22.7. The molecule has 198 valence electrons.